The van der Waals surface area contributed by atoms with Gasteiger partial charge in [-0.1, -0.05) is 60.7 Å². The number of aliphatic hydroxyl groups excluding tert-OH is 1. The van der Waals surface area contributed by atoms with Gasteiger partial charge in [0, 0.05) is 12.1 Å². The molecule has 2 aromatic carbocycles. The molecule has 0 spiro atoms. The number of nitrogens with zero attached hydrogens (tertiary/aromatic N) is 1. The maximum Gasteiger partial charge on any atom is 0.289 e. The van der Waals surface area contributed by atoms with Crippen LogP contribution in [0.2, 0.25) is 0 Å². The average molecular weight is 279 g/mol. The van der Waals surface area contributed by atoms with Crippen LogP contribution in [-0.2, 0) is 11.2 Å². The summed E-state index contributed by atoms with van der Waals surface area (Å²) in [5.41, 5.74) is 2.82. The first-order valence-electron chi connectivity index (χ1n) is 7.06. The first kappa shape index (κ1) is 13.4. The van der Waals surface area contributed by atoms with E-state index >= 15 is 0 Å². The minimum Gasteiger partial charge on any atom is -0.503 e. The molecule has 0 unspecified atom stereocenters. The summed E-state index contributed by atoms with van der Waals surface area (Å²) in [6.45, 7) is 1.09. The van der Waals surface area contributed by atoms with Gasteiger partial charge >= 0.3 is 0 Å². The third-order valence-corrected chi connectivity index (χ3v) is 3.76. The highest BCUT2D eigenvalue weighted by Gasteiger charge is 2.30. The van der Waals surface area contributed by atoms with Crippen LogP contribution in [0.5, 0.6) is 0 Å². The van der Waals surface area contributed by atoms with Gasteiger partial charge < -0.3 is 10.0 Å². The molecule has 0 saturated heterocycles. The van der Waals surface area contributed by atoms with Crippen LogP contribution >= 0.6 is 0 Å². The number of hydrogen-bond donors (Lipinski definition) is 1. The fraction of sp³-hybridized carbons (Fsp3) is 0.167. The van der Waals surface area contributed by atoms with Gasteiger partial charge in [0.05, 0.1) is 6.54 Å². The molecule has 0 atom stereocenters. The second-order valence-corrected chi connectivity index (χ2v) is 5.16. The summed E-state index contributed by atoms with van der Waals surface area (Å²) >= 11 is 0. The van der Waals surface area contributed by atoms with Crippen LogP contribution < -0.4 is 0 Å². The van der Waals surface area contributed by atoms with Crippen molar-refractivity contribution >= 4 is 11.5 Å². The van der Waals surface area contributed by atoms with Crippen LogP contribution in [0.3, 0.4) is 0 Å². The van der Waals surface area contributed by atoms with E-state index in [1.807, 2.05) is 60.7 Å². The van der Waals surface area contributed by atoms with Crippen molar-refractivity contribution in [3.8, 4) is 0 Å². The number of amides is 1. The van der Waals surface area contributed by atoms with Gasteiger partial charge in [-0.05, 0) is 17.5 Å². The molecular weight excluding hydrogens is 262 g/mol. The molecule has 2 aromatic rings. The Hall–Kier alpha value is -2.55. The number of aliphatic hydroxyl groups is 1. The van der Waals surface area contributed by atoms with Crippen molar-refractivity contribution in [2.24, 2.45) is 0 Å². The number of benzene rings is 2. The lowest BCUT2D eigenvalue weighted by Crippen LogP contribution is -2.29. The molecule has 3 rings (SSSR count). The Morgan fingerprint density at radius 3 is 2.24 bits per heavy atom. The van der Waals surface area contributed by atoms with Gasteiger partial charge in [0.2, 0.25) is 0 Å². The Labute approximate surface area is 124 Å². The zero-order valence-corrected chi connectivity index (χ0v) is 11.7. The van der Waals surface area contributed by atoms with Gasteiger partial charge in [-0.2, -0.15) is 0 Å². The smallest absolute Gasteiger partial charge is 0.289 e. The summed E-state index contributed by atoms with van der Waals surface area (Å²) in [7, 11) is 0. The van der Waals surface area contributed by atoms with Gasteiger partial charge in [-0.25, -0.2) is 0 Å². The van der Waals surface area contributed by atoms with Crippen molar-refractivity contribution in [2.75, 3.05) is 13.1 Å². The van der Waals surface area contributed by atoms with Crippen LogP contribution in [0, 0.1) is 0 Å². The number of rotatable bonds is 4. The zero-order chi connectivity index (χ0) is 14.7. The monoisotopic (exact) mass is 279 g/mol. The van der Waals surface area contributed by atoms with E-state index in [2.05, 4.69) is 0 Å². The minimum absolute atomic E-state index is 0.116. The summed E-state index contributed by atoms with van der Waals surface area (Å²) in [5, 5.41) is 10.1. The first-order chi connectivity index (χ1) is 10.3. The fourth-order valence-electron chi connectivity index (χ4n) is 2.57. The van der Waals surface area contributed by atoms with E-state index < -0.39 is 0 Å². The van der Waals surface area contributed by atoms with Crippen LogP contribution in [-0.4, -0.2) is 29.0 Å². The molecule has 0 radical (unpaired) electrons. The van der Waals surface area contributed by atoms with Crippen LogP contribution in [0.25, 0.3) is 5.57 Å². The predicted octanol–water partition coefficient (Wildman–Crippen LogP) is 3.04. The lowest BCUT2D eigenvalue weighted by molar-refractivity contribution is -0.127. The minimum atomic E-state index is -0.273. The zero-order valence-electron chi connectivity index (χ0n) is 11.7. The van der Waals surface area contributed by atoms with Crippen molar-refractivity contribution in [1.82, 2.24) is 4.90 Å². The molecule has 1 N–H and O–H groups in total. The van der Waals surface area contributed by atoms with Crippen molar-refractivity contribution in [3.63, 3.8) is 0 Å². The summed E-state index contributed by atoms with van der Waals surface area (Å²) < 4.78 is 0. The Balaban J connectivity index is 1.70. The molecule has 0 saturated carbocycles. The standard InChI is InChI=1S/C18H17NO2/c20-17-16(15-9-5-2-6-10-15)13-19(18(17)21)12-11-14-7-3-1-4-8-14/h1-10,20H,11-13H2. The largest absolute Gasteiger partial charge is 0.503 e. The van der Waals surface area contributed by atoms with E-state index in [4.69, 9.17) is 0 Å². The fourth-order valence-corrected chi connectivity index (χ4v) is 2.57. The van der Waals surface area contributed by atoms with Crippen molar-refractivity contribution < 1.29 is 9.90 Å². The van der Waals surface area contributed by atoms with Crippen molar-refractivity contribution in [1.29, 1.82) is 0 Å². The van der Waals surface area contributed by atoms with E-state index in [1.54, 1.807) is 4.90 Å². The van der Waals surface area contributed by atoms with Gasteiger partial charge in [0.25, 0.3) is 5.91 Å². The number of carbonyl (C=O) groups is 1. The lowest BCUT2D eigenvalue weighted by Gasteiger charge is -2.16. The normalized spacial score (nSPS) is 14.9. The molecule has 3 heteroatoms. The third-order valence-electron chi connectivity index (χ3n) is 3.76. The van der Waals surface area contributed by atoms with E-state index in [0.29, 0.717) is 18.7 Å². The molecule has 21 heavy (non-hydrogen) atoms. The maximum atomic E-state index is 12.1. The SMILES string of the molecule is O=C1C(O)=C(c2ccccc2)CN1CCc1ccccc1. The van der Waals surface area contributed by atoms with Crippen molar-refractivity contribution in [3.05, 3.63) is 77.5 Å². The first-order valence-corrected chi connectivity index (χ1v) is 7.06. The second kappa shape index (κ2) is 5.83. The van der Waals surface area contributed by atoms with Crippen LogP contribution in [0.15, 0.2) is 66.4 Å². The van der Waals surface area contributed by atoms with E-state index in [-0.39, 0.29) is 11.7 Å². The molecule has 0 bridgehead atoms. The highest BCUT2D eigenvalue weighted by Crippen LogP contribution is 2.26. The molecule has 1 heterocycles. The average Bonchev–Trinajstić information content (AvgIpc) is 2.83. The Kier molecular flexibility index (Phi) is 3.73. The van der Waals surface area contributed by atoms with E-state index in [1.165, 1.54) is 5.56 Å². The molecule has 0 fully saturated rings. The van der Waals surface area contributed by atoms with Gasteiger partial charge in [-0.3, -0.25) is 4.79 Å². The molecule has 106 valence electrons. The summed E-state index contributed by atoms with van der Waals surface area (Å²) in [4.78, 5) is 13.8. The summed E-state index contributed by atoms with van der Waals surface area (Å²) in [6, 6.07) is 19.6. The van der Waals surface area contributed by atoms with Gasteiger partial charge in [0.1, 0.15) is 0 Å². The second-order valence-electron chi connectivity index (χ2n) is 5.16. The molecule has 0 aromatic heterocycles. The topological polar surface area (TPSA) is 40.5 Å². The Morgan fingerprint density at radius 1 is 0.952 bits per heavy atom. The summed E-state index contributed by atoms with van der Waals surface area (Å²) in [5.74, 6) is -0.390. The highest BCUT2D eigenvalue weighted by molar-refractivity contribution is 6.03. The van der Waals surface area contributed by atoms with Gasteiger partial charge in [0.15, 0.2) is 5.76 Å². The van der Waals surface area contributed by atoms with E-state index in [9.17, 15) is 9.90 Å². The number of carbonyl (C=O) groups excluding carboxylic acids is 1. The Bertz CT molecular complexity index is 662. The van der Waals surface area contributed by atoms with Crippen LogP contribution in [0.4, 0.5) is 0 Å². The maximum absolute atomic E-state index is 12.1. The highest BCUT2D eigenvalue weighted by atomic mass is 16.3. The Morgan fingerprint density at radius 2 is 1.57 bits per heavy atom. The number of hydrogen-bond acceptors (Lipinski definition) is 2. The van der Waals surface area contributed by atoms with Crippen molar-refractivity contribution in [2.45, 2.75) is 6.42 Å². The van der Waals surface area contributed by atoms with E-state index in [0.717, 1.165) is 12.0 Å². The molecule has 0 aliphatic carbocycles. The lowest BCUT2D eigenvalue weighted by atomic mass is 10.1. The molecular formula is C18H17NO2. The summed E-state index contributed by atoms with van der Waals surface area (Å²) in [6.07, 6.45) is 0.794. The van der Waals surface area contributed by atoms with Gasteiger partial charge in [-0.15, -0.1) is 0 Å². The molecule has 1 aliphatic heterocycles. The quantitative estimate of drug-likeness (QED) is 0.934. The molecule has 3 nitrogen and oxygen atoms in total. The molecule has 1 amide bonds. The molecule has 1 aliphatic rings. The predicted molar refractivity (Wildman–Crippen MR) is 82.7 cm³/mol. The van der Waals surface area contributed by atoms with Crippen LogP contribution in [0.1, 0.15) is 11.1 Å². The third kappa shape index (κ3) is 2.82.